The second-order valence-electron chi connectivity index (χ2n) is 6.85. The molecule has 0 saturated carbocycles. The molecule has 5 nitrogen and oxygen atoms in total. The predicted molar refractivity (Wildman–Crippen MR) is 121 cm³/mol. The zero-order valence-electron chi connectivity index (χ0n) is 16.3. The maximum Gasteiger partial charge on any atom is 0.416 e. The van der Waals surface area contributed by atoms with E-state index in [0.717, 1.165) is 48.2 Å². The number of nitrogens with zero attached hydrogens (tertiary/aromatic N) is 3. The van der Waals surface area contributed by atoms with Gasteiger partial charge in [-0.25, -0.2) is 4.98 Å². The maximum absolute atomic E-state index is 12.7. The van der Waals surface area contributed by atoms with Crippen molar-refractivity contribution in [3.8, 4) is 0 Å². The second kappa shape index (κ2) is 10.6. The van der Waals surface area contributed by atoms with E-state index in [1.54, 1.807) is 30.5 Å². The van der Waals surface area contributed by atoms with Gasteiger partial charge in [-0.05, 0) is 31.0 Å². The van der Waals surface area contributed by atoms with Crippen LogP contribution in [-0.2, 0) is 19.3 Å². The number of alkyl halides is 3. The lowest BCUT2D eigenvalue weighted by Gasteiger charge is -2.19. The number of halogens is 4. The standard InChI is InChI=1S/C19H24F3N5S.HI/c1-13-9-24-17(28-13)10-25-18(23-2)26-16-7-8-27(12-16)11-14-3-5-15(6-4-14)19(20,21)22;/h3-6,9,16H,7-8,10-12H2,1-2H3,(H2,23,25,26);1H. The van der Waals surface area contributed by atoms with Crippen LogP contribution in [0.2, 0.25) is 0 Å². The van der Waals surface area contributed by atoms with Crippen LogP contribution in [-0.4, -0.2) is 42.0 Å². The van der Waals surface area contributed by atoms with Crippen molar-refractivity contribution in [3.63, 3.8) is 0 Å². The van der Waals surface area contributed by atoms with E-state index in [-0.39, 0.29) is 30.0 Å². The molecule has 1 aromatic carbocycles. The molecule has 1 aliphatic rings. The van der Waals surface area contributed by atoms with Gasteiger partial charge in [-0.2, -0.15) is 13.2 Å². The summed E-state index contributed by atoms with van der Waals surface area (Å²) in [5.41, 5.74) is 0.276. The first-order valence-corrected chi connectivity index (χ1v) is 9.92. The minimum atomic E-state index is -4.29. The summed E-state index contributed by atoms with van der Waals surface area (Å²) in [5.74, 6) is 0.731. The molecule has 1 unspecified atom stereocenters. The molecule has 0 amide bonds. The Morgan fingerprint density at radius 3 is 2.62 bits per heavy atom. The van der Waals surface area contributed by atoms with Crippen molar-refractivity contribution in [1.29, 1.82) is 0 Å². The van der Waals surface area contributed by atoms with E-state index in [4.69, 9.17) is 0 Å². The number of hydrogen-bond acceptors (Lipinski definition) is 4. The quantitative estimate of drug-likeness (QED) is 0.343. The fraction of sp³-hybridized carbons (Fsp3) is 0.474. The number of aliphatic imine (C=N–C) groups is 1. The van der Waals surface area contributed by atoms with Gasteiger partial charge in [0.05, 0.1) is 12.1 Å². The third-order valence-corrected chi connectivity index (χ3v) is 5.51. The van der Waals surface area contributed by atoms with Crippen molar-refractivity contribution >= 4 is 41.3 Å². The average molecular weight is 539 g/mol. The molecule has 1 fully saturated rings. The van der Waals surface area contributed by atoms with Crippen LogP contribution >= 0.6 is 35.3 Å². The van der Waals surface area contributed by atoms with Gasteiger partial charge in [0, 0.05) is 43.8 Å². The van der Waals surface area contributed by atoms with Crippen molar-refractivity contribution in [2.75, 3.05) is 20.1 Å². The molecular formula is C19H25F3IN5S. The highest BCUT2D eigenvalue weighted by molar-refractivity contribution is 14.0. The molecule has 0 spiro atoms. The minimum absolute atomic E-state index is 0. The van der Waals surface area contributed by atoms with Crippen LogP contribution in [0.15, 0.2) is 35.5 Å². The molecule has 0 radical (unpaired) electrons. The zero-order valence-corrected chi connectivity index (χ0v) is 19.4. The smallest absolute Gasteiger partial charge is 0.352 e. The number of guanidine groups is 1. The lowest BCUT2D eigenvalue weighted by atomic mass is 10.1. The number of rotatable bonds is 5. The number of benzene rings is 1. The van der Waals surface area contributed by atoms with E-state index in [0.29, 0.717) is 13.1 Å². The number of aromatic nitrogens is 1. The highest BCUT2D eigenvalue weighted by Crippen LogP contribution is 2.29. The molecule has 29 heavy (non-hydrogen) atoms. The lowest BCUT2D eigenvalue weighted by Crippen LogP contribution is -2.44. The SMILES string of the molecule is CN=C(NCc1ncc(C)s1)NC1CCN(Cc2ccc(C(F)(F)F)cc2)C1.I. The van der Waals surface area contributed by atoms with Crippen molar-refractivity contribution < 1.29 is 13.2 Å². The third kappa shape index (κ3) is 7.10. The first-order chi connectivity index (χ1) is 13.3. The van der Waals surface area contributed by atoms with E-state index >= 15 is 0 Å². The third-order valence-electron chi connectivity index (χ3n) is 4.60. The van der Waals surface area contributed by atoms with E-state index in [2.05, 4.69) is 25.5 Å². The second-order valence-corrected chi connectivity index (χ2v) is 8.17. The topological polar surface area (TPSA) is 52.6 Å². The fourth-order valence-electron chi connectivity index (χ4n) is 3.18. The molecule has 10 heteroatoms. The maximum atomic E-state index is 12.7. The van der Waals surface area contributed by atoms with Crippen LogP contribution in [0.5, 0.6) is 0 Å². The van der Waals surface area contributed by atoms with E-state index < -0.39 is 11.7 Å². The Labute approximate surface area is 189 Å². The Balaban J connectivity index is 0.00000300. The van der Waals surface area contributed by atoms with Gasteiger partial charge in [0.25, 0.3) is 0 Å². The fourth-order valence-corrected chi connectivity index (χ4v) is 3.91. The molecule has 3 rings (SSSR count). The van der Waals surface area contributed by atoms with E-state index in [1.807, 2.05) is 13.1 Å². The van der Waals surface area contributed by atoms with Gasteiger partial charge in [0.15, 0.2) is 5.96 Å². The molecule has 2 aromatic rings. The van der Waals surface area contributed by atoms with Gasteiger partial charge < -0.3 is 10.6 Å². The van der Waals surface area contributed by atoms with Crippen LogP contribution in [0.4, 0.5) is 13.2 Å². The highest BCUT2D eigenvalue weighted by Gasteiger charge is 2.30. The number of hydrogen-bond donors (Lipinski definition) is 2. The predicted octanol–water partition coefficient (Wildman–Crippen LogP) is 4.03. The number of nitrogens with one attached hydrogen (secondary N) is 2. The molecule has 0 aliphatic carbocycles. The Bertz CT molecular complexity index is 807. The Morgan fingerprint density at radius 2 is 2.03 bits per heavy atom. The molecule has 1 atom stereocenters. The normalized spacial score (nSPS) is 17.8. The molecular weight excluding hydrogens is 514 g/mol. The Morgan fingerprint density at radius 1 is 1.31 bits per heavy atom. The molecule has 1 aromatic heterocycles. The van der Waals surface area contributed by atoms with Crippen molar-refractivity contribution in [2.45, 2.75) is 38.7 Å². The molecule has 0 bridgehead atoms. The highest BCUT2D eigenvalue weighted by atomic mass is 127. The first-order valence-electron chi connectivity index (χ1n) is 9.10. The largest absolute Gasteiger partial charge is 0.416 e. The van der Waals surface area contributed by atoms with Crippen molar-refractivity contribution in [1.82, 2.24) is 20.5 Å². The number of likely N-dealkylation sites (tertiary alicyclic amines) is 1. The molecule has 1 aliphatic heterocycles. The summed E-state index contributed by atoms with van der Waals surface area (Å²) in [4.78, 5) is 12.0. The molecule has 2 N–H and O–H groups in total. The lowest BCUT2D eigenvalue weighted by molar-refractivity contribution is -0.137. The van der Waals surface area contributed by atoms with Crippen LogP contribution < -0.4 is 10.6 Å². The van der Waals surface area contributed by atoms with E-state index in [1.165, 1.54) is 4.88 Å². The monoisotopic (exact) mass is 539 g/mol. The number of aryl methyl sites for hydroxylation is 1. The Hall–Kier alpha value is -1.40. The van der Waals surface area contributed by atoms with Crippen molar-refractivity contribution in [3.05, 3.63) is 51.5 Å². The van der Waals surface area contributed by atoms with Gasteiger partial charge in [-0.3, -0.25) is 9.89 Å². The van der Waals surface area contributed by atoms with Crippen LogP contribution in [0, 0.1) is 6.92 Å². The van der Waals surface area contributed by atoms with Crippen LogP contribution in [0.1, 0.15) is 27.4 Å². The summed E-state index contributed by atoms with van der Waals surface area (Å²) in [5, 5.41) is 7.70. The summed E-state index contributed by atoms with van der Waals surface area (Å²) in [6.45, 7) is 5.00. The average Bonchev–Trinajstić information content (AvgIpc) is 3.27. The summed E-state index contributed by atoms with van der Waals surface area (Å²) < 4.78 is 38.0. The molecule has 160 valence electrons. The van der Waals surface area contributed by atoms with Gasteiger partial charge in [-0.15, -0.1) is 35.3 Å². The molecule has 1 saturated heterocycles. The number of thiazole rings is 1. The summed E-state index contributed by atoms with van der Waals surface area (Å²) in [7, 11) is 1.73. The van der Waals surface area contributed by atoms with Gasteiger partial charge in [0.2, 0.25) is 0 Å². The summed E-state index contributed by atoms with van der Waals surface area (Å²) >= 11 is 1.65. The molecule has 2 heterocycles. The Kier molecular flexibility index (Phi) is 8.71. The van der Waals surface area contributed by atoms with E-state index in [9.17, 15) is 13.2 Å². The van der Waals surface area contributed by atoms with Gasteiger partial charge in [-0.1, -0.05) is 12.1 Å². The van der Waals surface area contributed by atoms with Gasteiger partial charge >= 0.3 is 6.18 Å². The van der Waals surface area contributed by atoms with Gasteiger partial charge in [0.1, 0.15) is 5.01 Å². The van der Waals surface area contributed by atoms with Crippen LogP contribution in [0.25, 0.3) is 0 Å². The van der Waals surface area contributed by atoms with Crippen molar-refractivity contribution in [2.24, 2.45) is 4.99 Å². The van der Waals surface area contributed by atoms with Crippen LogP contribution in [0.3, 0.4) is 0 Å². The first kappa shape index (κ1) is 23.9. The minimum Gasteiger partial charge on any atom is -0.352 e. The summed E-state index contributed by atoms with van der Waals surface area (Å²) in [6.07, 6.45) is -1.48. The summed E-state index contributed by atoms with van der Waals surface area (Å²) in [6, 6.07) is 5.65. The zero-order chi connectivity index (χ0) is 20.1.